The Bertz CT molecular complexity index is 1080. The lowest BCUT2D eigenvalue weighted by molar-refractivity contribution is -0.384. The van der Waals surface area contributed by atoms with Crippen molar-refractivity contribution in [2.45, 2.75) is 19.6 Å². The average Bonchev–Trinajstić information content (AvgIpc) is 3.07. The molecule has 8 nitrogen and oxygen atoms in total. The third-order valence-electron chi connectivity index (χ3n) is 4.36. The summed E-state index contributed by atoms with van der Waals surface area (Å²) in [6.07, 6.45) is -1.11. The van der Waals surface area contributed by atoms with E-state index in [-0.39, 0.29) is 22.6 Å². The molecule has 1 heterocycles. The van der Waals surface area contributed by atoms with Crippen molar-refractivity contribution in [3.05, 3.63) is 64.0 Å². The Morgan fingerprint density at radius 2 is 1.93 bits per heavy atom. The number of hydrogen-bond acceptors (Lipinski definition) is 6. The van der Waals surface area contributed by atoms with Gasteiger partial charge in [-0.3, -0.25) is 14.7 Å². The van der Waals surface area contributed by atoms with E-state index in [2.05, 4.69) is 4.98 Å². The fourth-order valence-electron chi connectivity index (χ4n) is 3.02. The van der Waals surface area contributed by atoms with E-state index < -0.39 is 23.5 Å². The number of anilines is 1. The van der Waals surface area contributed by atoms with Crippen molar-refractivity contribution < 1.29 is 23.2 Å². The summed E-state index contributed by atoms with van der Waals surface area (Å²) >= 11 is 0. The lowest BCUT2D eigenvalue weighted by Crippen LogP contribution is -2.18. The summed E-state index contributed by atoms with van der Waals surface area (Å²) < 4.78 is 33.3. The van der Waals surface area contributed by atoms with Crippen LogP contribution in [0.1, 0.15) is 35.8 Å². The van der Waals surface area contributed by atoms with Gasteiger partial charge in [0.25, 0.3) is 5.69 Å². The van der Waals surface area contributed by atoms with Gasteiger partial charge < -0.3 is 9.64 Å². The lowest BCUT2D eigenvalue weighted by atomic mass is 10.1. The van der Waals surface area contributed by atoms with Gasteiger partial charge in [0.15, 0.2) is 11.9 Å². The Kier molecular flexibility index (Phi) is 5.44. The van der Waals surface area contributed by atoms with Crippen LogP contribution in [0.4, 0.5) is 20.2 Å². The molecule has 0 aliphatic carbocycles. The Hall–Kier alpha value is -3.56. The van der Waals surface area contributed by atoms with Gasteiger partial charge in [0.2, 0.25) is 0 Å². The van der Waals surface area contributed by atoms with Crippen molar-refractivity contribution >= 4 is 28.4 Å². The average molecular weight is 404 g/mol. The van der Waals surface area contributed by atoms with Crippen LogP contribution in [0, 0.1) is 10.1 Å². The topological polar surface area (TPSA) is 90.5 Å². The molecule has 2 aromatic carbocycles. The number of nitro groups is 1. The molecule has 10 heteroatoms. The van der Waals surface area contributed by atoms with Crippen LogP contribution in [-0.4, -0.2) is 34.5 Å². The molecule has 1 atom stereocenters. The predicted molar refractivity (Wildman–Crippen MR) is 102 cm³/mol. The van der Waals surface area contributed by atoms with Crippen molar-refractivity contribution in [3.8, 4) is 0 Å². The third-order valence-corrected chi connectivity index (χ3v) is 4.36. The predicted octanol–water partition coefficient (Wildman–Crippen LogP) is 4.32. The molecule has 0 N–H and O–H groups in total. The van der Waals surface area contributed by atoms with E-state index in [0.29, 0.717) is 15.8 Å². The van der Waals surface area contributed by atoms with Gasteiger partial charge in [0.05, 0.1) is 27.2 Å². The molecule has 3 aromatic rings. The van der Waals surface area contributed by atoms with E-state index >= 15 is 0 Å². The Morgan fingerprint density at radius 3 is 2.55 bits per heavy atom. The SMILES string of the molecule is CC(OC(=O)c1cc([N+](=O)[O-])ccc1N(C)C)c1nc2ccccc2n1C(F)F. The number of carbonyl (C=O) groups is 1. The lowest BCUT2D eigenvalue weighted by Gasteiger charge is -2.19. The van der Waals surface area contributed by atoms with E-state index in [0.717, 1.165) is 6.07 Å². The fourth-order valence-corrected chi connectivity index (χ4v) is 3.02. The van der Waals surface area contributed by atoms with Crippen LogP contribution in [0.3, 0.4) is 0 Å². The number of non-ortho nitro benzene ring substituents is 1. The summed E-state index contributed by atoms with van der Waals surface area (Å²) in [5.74, 6) is -0.996. The molecule has 0 saturated heterocycles. The molecule has 0 aliphatic heterocycles. The largest absolute Gasteiger partial charge is 0.451 e. The summed E-state index contributed by atoms with van der Waals surface area (Å²) in [6.45, 7) is -1.46. The van der Waals surface area contributed by atoms with Crippen LogP contribution in [0.5, 0.6) is 0 Å². The van der Waals surface area contributed by atoms with E-state index in [9.17, 15) is 23.7 Å². The van der Waals surface area contributed by atoms with Gasteiger partial charge in [-0.15, -0.1) is 0 Å². The molecule has 0 bridgehead atoms. The second kappa shape index (κ2) is 7.82. The maximum atomic E-state index is 13.6. The molecule has 29 heavy (non-hydrogen) atoms. The van der Waals surface area contributed by atoms with Crippen LogP contribution in [0.15, 0.2) is 42.5 Å². The third kappa shape index (κ3) is 3.86. The number of hydrogen-bond donors (Lipinski definition) is 0. The molecule has 3 rings (SSSR count). The molecule has 0 fully saturated rings. The standard InChI is InChI=1S/C19H18F2N4O4/c1-11(17-22-14-6-4-5-7-16(14)24(17)19(20)21)29-18(26)13-10-12(25(27)28)8-9-15(13)23(2)3/h4-11,19H,1-3H3. The molecule has 0 saturated carbocycles. The van der Waals surface area contributed by atoms with E-state index in [1.807, 2.05) is 0 Å². The maximum absolute atomic E-state index is 13.6. The highest BCUT2D eigenvalue weighted by Gasteiger charge is 2.26. The monoisotopic (exact) mass is 404 g/mol. The van der Waals surface area contributed by atoms with Crippen molar-refractivity contribution in [3.63, 3.8) is 0 Å². The number of benzene rings is 2. The number of nitro benzene ring substituents is 1. The molecule has 152 valence electrons. The number of alkyl halides is 2. The first-order chi connectivity index (χ1) is 13.7. The zero-order valence-electron chi connectivity index (χ0n) is 15.9. The molecule has 1 unspecified atom stereocenters. The number of para-hydroxylation sites is 2. The van der Waals surface area contributed by atoms with Crippen LogP contribution in [-0.2, 0) is 4.74 Å². The molecular weight excluding hydrogens is 386 g/mol. The van der Waals surface area contributed by atoms with Gasteiger partial charge in [0, 0.05) is 26.2 Å². The number of rotatable bonds is 6. The Labute approximate surface area is 164 Å². The minimum absolute atomic E-state index is 0.0456. The van der Waals surface area contributed by atoms with Crippen LogP contribution < -0.4 is 4.90 Å². The first-order valence-corrected chi connectivity index (χ1v) is 8.62. The van der Waals surface area contributed by atoms with E-state index in [1.165, 1.54) is 25.1 Å². The number of esters is 1. The number of halogens is 2. The van der Waals surface area contributed by atoms with Crippen molar-refractivity contribution in [2.75, 3.05) is 19.0 Å². The number of nitrogens with zero attached hydrogens (tertiary/aromatic N) is 4. The van der Waals surface area contributed by atoms with Crippen LogP contribution >= 0.6 is 0 Å². The second-order valence-electron chi connectivity index (χ2n) is 6.51. The molecule has 1 aromatic heterocycles. The zero-order chi connectivity index (χ0) is 21.3. The van der Waals surface area contributed by atoms with Crippen molar-refractivity contribution in [1.82, 2.24) is 9.55 Å². The van der Waals surface area contributed by atoms with Gasteiger partial charge in [0.1, 0.15) is 0 Å². The summed E-state index contributed by atoms with van der Waals surface area (Å²) in [6, 6.07) is 10.1. The fraction of sp³-hybridized carbons (Fsp3) is 0.263. The van der Waals surface area contributed by atoms with Gasteiger partial charge in [-0.05, 0) is 25.1 Å². The van der Waals surface area contributed by atoms with Crippen molar-refractivity contribution in [1.29, 1.82) is 0 Å². The number of carbonyl (C=O) groups excluding carboxylic acids is 1. The second-order valence-corrected chi connectivity index (χ2v) is 6.51. The molecule has 0 spiro atoms. The minimum Gasteiger partial charge on any atom is -0.451 e. The molecular formula is C19H18F2N4O4. The number of ether oxygens (including phenoxy) is 1. The highest BCUT2D eigenvalue weighted by molar-refractivity contribution is 5.96. The normalized spacial score (nSPS) is 12.2. The summed E-state index contributed by atoms with van der Waals surface area (Å²) in [5.41, 5.74) is 0.626. The highest BCUT2D eigenvalue weighted by atomic mass is 19.3. The zero-order valence-corrected chi connectivity index (χ0v) is 15.9. The van der Waals surface area contributed by atoms with Gasteiger partial charge in [-0.1, -0.05) is 12.1 Å². The van der Waals surface area contributed by atoms with Crippen molar-refractivity contribution in [2.24, 2.45) is 0 Å². The highest BCUT2D eigenvalue weighted by Crippen LogP contribution is 2.30. The van der Waals surface area contributed by atoms with Crippen LogP contribution in [0.25, 0.3) is 11.0 Å². The van der Waals surface area contributed by atoms with Crippen LogP contribution in [0.2, 0.25) is 0 Å². The summed E-state index contributed by atoms with van der Waals surface area (Å²) in [7, 11) is 3.33. The first-order valence-electron chi connectivity index (χ1n) is 8.62. The molecule has 0 radical (unpaired) electrons. The first kappa shape index (κ1) is 20.2. The van der Waals surface area contributed by atoms with Gasteiger partial charge >= 0.3 is 12.5 Å². The number of aromatic nitrogens is 2. The summed E-state index contributed by atoms with van der Waals surface area (Å²) in [5, 5.41) is 11.1. The number of fused-ring (bicyclic) bond motifs is 1. The smallest absolute Gasteiger partial charge is 0.341 e. The summed E-state index contributed by atoms with van der Waals surface area (Å²) in [4.78, 5) is 28.9. The maximum Gasteiger partial charge on any atom is 0.341 e. The Balaban J connectivity index is 1.98. The van der Waals surface area contributed by atoms with Gasteiger partial charge in [-0.25, -0.2) is 9.78 Å². The minimum atomic E-state index is -2.88. The van der Waals surface area contributed by atoms with E-state index in [1.54, 1.807) is 37.2 Å². The van der Waals surface area contributed by atoms with Gasteiger partial charge in [-0.2, -0.15) is 8.78 Å². The van der Waals surface area contributed by atoms with E-state index in [4.69, 9.17) is 4.74 Å². The Morgan fingerprint density at radius 1 is 1.24 bits per heavy atom. The molecule has 0 amide bonds. The molecule has 0 aliphatic rings. The number of imidazole rings is 1. The quantitative estimate of drug-likeness (QED) is 0.345.